The molecule has 3 aromatic carbocycles. The lowest BCUT2D eigenvalue weighted by molar-refractivity contribution is -0.137. The number of amides is 1. The number of nitrogens with zero attached hydrogens (tertiary/aromatic N) is 3. The highest BCUT2D eigenvalue weighted by molar-refractivity contribution is 6.30. The molecule has 1 atom stereocenters. The van der Waals surface area contributed by atoms with Crippen molar-refractivity contribution in [1.29, 1.82) is 5.26 Å². The zero-order chi connectivity index (χ0) is 26.4. The number of nitrogens with one attached hydrogen (secondary N) is 1. The van der Waals surface area contributed by atoms with Crippen molar-refractivity contribution in [2.24, 2.45) is 0 Å². The lowest BCUT2D eigenvalue weighted by atomic mass is 10.0. The molecule has 1 unspecified atom stereocenters. The minimum atomic E-state index is -0.826. The standard InChI is InChI=1S/C29H25ClN4O3/c1-18(20-8-6-19(17-31)7-9-20)32-29(37)22-12-15-24-26(16-22)33-25(4-2-3-5-27(35)36)28(34-24)21-10-13-23(30)14-11-21/h6-16,18H,2-5H2,1H3,(H,32,37)(H,35,36). The second-order valence-electron chi connectivity index (χ2n) is 8.76. The summed E-state index contributed by atoms with van der Waals surface area (Å²) in [5, 5.41) is 21.5. The van der Waals surface area contributed by atoms with Gasteiger partial charge in [-0.2, -0.15) is 5.26 Å². The van der Waals surface area contributed by atoms with Crippen molar-refractivity contribution in [2.75, 3.05) is 0 Å². The normalized spacial score (nSPS) is 11.6. The van der Waals surface area contributed by atoms with E-state index in [-0.39, 0.29) is 18.4 Å². The van der Waals surface area contributed by atoms with Gasteiger partial charge in [0.1, 0.15) is 0 Å². The van der Waals surface area contributed by atoms with Crippen LogP contribution < -0.4 is 5.32 Å². The average molecular weight is 513 g/mol. The zero-order valence-electron chi connectivity index (χ0n) is 20.2. The summed E-state index contributed by atoms with van der Waals surface area (Å²) in [6.07, 6.45) is 1.83. The number of carboxylic acids is 1. The molecule has 7 nitrogen and oxygen atoms in total. The number of nitriles is 1. The highest BCUT2D eigenvalue weighted by Gasteiger charge is 2.16. The van der Waals surface area contributed by atoms with Gasteiger partial charge in [0.25, 0.3) is 5.91 Å². The molecule has 0 aliphatic rings. The topological polar surface area (TPSA) is 116 Å². The molecule has 0 bridgehead atoms. The lowest BCUT2D eigenvalue weighted by Gasteiger charge is -2.15. The maximum absolute atomic E-state index is 13.0. The van der Waals surface area contributed by atoms with E-state index in [2.05, 4.69) is 11.4 Å². The van der Waals surface area contributed by atoms with E-state index in [0.717, 1.165) is 16.8 Å². The van der Waals surface area contributed by atoms with Crippen LogP contribution in [-0.4, -0.2) is 27.0 Å². The zero-order valence-corrected chi connectivity index (χ0v) is 21.0. The lowest BCUT2D eigenvalue weighted by Crippen LogP contribution is -2.26. The number of aryl methyl sites for hydroxylation is 1. The molecule has 4 rings (SSSR count). The van der Waals surface area contributed by atoms with Gasteiger partial charge in [-0.3, -0.25) is 9.59 Å². The number of rotatable bonds is 9. The minimum absolute atomic E-state index is 0.0963. The summed E-state index contributed by atoms with van der Waals surface area (Å²) in [5.74, 6) is -1.07. The molecule has 37 heavy (non-hydrogen) atoms. The highest BCUT2D eigenvalue weighted by Crippen LogP contribution is 2.27. The molecule has 2 N–H and O–H groups in total. The van der Waals surface area contributed by atoms with E-state index in [1.807, 2.05) is 31.2 Å². The quantitative estimate of drug-likeness (QED) is 0.261. The van der Waals surface area contributed by atoms with Crippen LogP contribution >= 0.6 is 11.6 Å². The van der Waals surface area contributed by atoms with Crippen LogP contribution in [0.5, 0.6) is 0 Å². The summed E-state index contributed by atoms with van der Waals surface area (Å²) in [6, 6.07) is 21.5. The van der Waals surface area contributed by atoms with Gasteiger partial charge in [-0.05, 0) is 74.2 Å². The average Bonchev–Trinajstić information content (AvgIpc) is 2.90. The summed E-state index contributed by atoms with van der Waals surface area (Å²) in [7, 11) is 0. The summed E-state index contributed by atoms with van der Waals surface area (Å²) < 4.78 is 0. The maximum atomic E-state index is 13.0. The van der Waals surface area contributed by atoms with Gasteiger partial charge in [0.2, 0.25) is 0 Å². The summed E-state index contributed by atoms with van der Waals surface area (Å²) in [4.78, 5) is 33.6. The Morgan fingerprint density at radius 1 is 1.00 bits per heavy atom. The highest BCUT2D eigenvalue weighted by atomic mass is 35.5. The van der Waals surface area contributed by atoms with Crippen molar-refractivity contribution in [3.63, 3.8) is 0 Å². The Kier molecular flexibility index (Phi) is 8.11. The molecule has 0 saturated carbocycles. The van der Waals surface area contributed by atoms with Gasteiger partial charge in [0.05, 0.1) is 40.1 Å². The number of hydrogen-bond donors (Lipinski definition) is 2. The fourth-order valence-corrected chi connectivity index (χ4v) is 4.15. The summed E-state index contributed by atoms with van der Waals surface area (Å²) in [5.41, 5.74) is 5.47. The number of unbranched alkanes of at least 4 members (excludes halogenated alkanes) is 1. The summed E-state index contributed by atoms with van der Waals surface area (Å²) in [6.45, 7) is 1.88. The molecule has 8 heteroatoms. The second kappa shape index (κ2) is 11.6. The Bertz CT molecular complexity index is 1480. The second-order valence-corrected chi connectivity index (χ2v) is 9.20. The minimum Gasteiger partial charge on any atom is -0.481 e. The number of aliphatic carboxylic acids is 1. The number of fused-ring (bicyclic) bond motifs is 1. The van der Waals surface area contributed by atoms with Gasteiger partial charge in [-0.25, -0.2) is 9.97 Å². The van der Waals surface area contributed by atoms with E-state index in [1.54, 1.807) is 42.5 Å². The number of aromatic nitrogens is 2. The van der Waals surface area contributed by atoms with Crippen LogP contribution in [0.3, 0.4) is 0 Å². The first-order valence-corrected chi connectivity index (χ1v) is 12.3. The SMILES string of the molecule is CC(NC(=O)c1ccc2nc(-c3ccc(Cl)cc3)c(CCCCC(=O)O)nc2c1)c1ccc(C#N)cc1. The van der Waals surface area contributed by atoms with Gasteiger partial charge in [0.15, 0.2) is 0 Å². The first-order chi connectivity index (χ1) is 17.8. The predicted octanol–water partition coefficient (Wildman–Crippen LogP) is 6.11. The molecule has 0 saturated heterocycles. The van der Waals surface area contributed by atoms with Crippen molar-refractivity contribution < 1.29 is 14.7 Å². The molecule has 0 radical (unpaired) electrons. The van der Waals surface area contributed by atoms with Gasteiger partial charge in [-0.15, -0.1) is 0 Å². The third kappa shape index (κ3) is 6.49. The number of carboxylic acid groups (broad SMARTS) is 1. The van der Waals surface area contributed by atoms with E-state index < -0.39 is 5.97 Å². The predicted molar refractivity (Wildman–Crippen MR) is 142 cm³/mol. The van der Waals surface area contributed by atoms with Crippen molar-refractivity contribution >= 4 is 34.5 Å². The van der Waals surface area contributed by atoms with Crippen LogP contribution in [0.15, 0.2) is 66.7 Å². The van der Waals surface area contributed by atoms with E-state index >= 15 is 0 Å². The van der Waals surface area contributed by atoms with E-state index in [4.69, 9.17) is 31.9 Å². The number of benzene rings is 3. The fraction of sp³-hybridized carbons (Fsp3) is 0.207. The molecule has 0 spiro atoms. The number of halogens is 1. The van der Waals surface area contributed by atoms with Crippen molar-refractivity contribution in [3.8, 4) is 17.3 Å². The van der Waals surface area contributed by atoms with Crippen LogP contribution in [0.4, 0.5) is 0 Å². The first-order valence-electron chi connectivity index (χ1n) is 11.9. The van der Waals surface area contributed by atoms with Crippen LogP contribution in [0.25, 0.3) is 22.3 Å². The molecule has 1 amide bonds. The third-order valence-electron chi connectivity index (χ3n) is 6.06. The van der Waals surface area contributed by atoms with Crippen LogP contribution in [0.2, 0.25) is 5.02 Å². The molecule has 1 heterocycles. The van der Waals surface area contributed by atoms with Crippen molar-refractivity contribution in [1.82, 2.24) is 15.3 Å². The molecule has 186 valence electrons. The molecule has 0 aliphatic heterocycles. The van der Waals surface area contributed by atoms with Crippen LogP contribution in [-0.2, 0) is 11.2 Å². The maximum Gasteiger partial charge on any atom is 0.303 e. The van der Waals surface area contributed by atoms with Gasteiger partial charge >= 0.3 is 5.97 Å². The third-order valence-corrected chi connectivity index (χ3v) is 6.31. The Hall–Kier alpha value is -4.28. The molecule has 1 aromatic heterocycles. The van der Waals surface area contributed by atoms with Gasteiger partial charge in [-0.1, -0.05) is 35.9 Å². The molecular weight excluding hydrogens is 488 g/mol. The van der Waals surface area contributed by atoms with E-state index in [9.17, 15) is 9.59 Å². The van der Waals surface area contributed by atoms with Gasteiger partial charge < -0.3 is 10.4 Å². The molecule has 0 fully saturated rings. The van der Waals surface area contributed by atoms with Crippen molar-refractivity contribution in [3.05, 3.63) is 94.1 Å². The Balaban J connectivity index is 1.61. The summed E-state index contributed by atoms with van der Waals surface area (Å²) >= 11 is 6.06. The van der Waals surface area contributed by atoms with Crippen molar-refractivity contribution in [2.45, 2.75) is 38.6 Å². The van der Waals surface area contributed by atoms with Crippen LogP contribution in [0.1, 0.15) is 59.4 Å². The molecular formula is C29H25ClN4O3. The Morgan fingerprint density at radius 2 is 1.73 bits per heavy atom. The molecule has 0 aliphatic carbocycles. The number of carbonyl (C=O) groups is 2. The largest absolute Gasteiger partial charge is 0.481 e. The van der Waals surface area contributed by atoms with E-state index in [0.29, 0.717) is 52.1 Å². The Labute approximate surface area is 219 Å². The Morgan fingerprint density at radius 3 is 2.41 bits per heavy atom. The monoisotopic (exact) mass is 512 g/mol. The number of hydrogen-bond acceptors (Lipinski definition) is 5. The van der Waals surface area contributed by atoms with Crippen LogP contribution in [0, 0.1) is 11.3 Å². The fourth-order valence-electron chi connectivity index (χ4n) is 4.02. The van der Waals surface area contributed by atoms with Gasteiger partial charge in [0, 0.05) is 22.6 Å². The molecule has 4 aromatic rings. The smallest absolute Gasteiger partial charge is 0.303 e. The van der Waals surface area contributed by atoms with E-state index in [1.165, 1.54) is 0 Å². The first kappa shape index (κ1) is 25.8. The number of carbonyl (C=O) groups excluding carboxylic acids is 1.